The number of ether oxygens (including phenoxy) is 1. The van der Waals surface area contributed by atoms with Crippen molar-refractivity contribution in [1.82, 2.24) is 20.1 Å². The largest absolute Gasteiger partial charge is 0.487 e. The van der Waals surface area contributed by atoms with Gasteiger partial charge in [-0.25, -0.2) is 0 Å². The van der Waals surface area contributed by atoms with Crippen molar-refractivity contribution in [1.29, 1.82) is 0 Å². The molecule has 0 aliphatic carbocycles. The average Bonchev–Trinajstić information content (AvgIpc) is 3.32. The van der Waals surface area contributed by atoms with E-state index in [9.17, 15) is 9.59 Å². The van der Waals surface area contributed by atoms with E-state index in [-0.39, 0.29) is 18.2 Å². The van der Waals surface area contributed by atoms with Crippen LogP contribution in [-0.2, 0) is 11.4 Å². The van der Waals surface area contributed by atoms with Crippen LogP contribution in [0.3, 0.4) is 0 Å². The summed E-state index contributed by atoms with van der Waals surface area (Å²) in [6, 6.07) is 12.9. The maximum atomic E-state index is 12.9. The van der Waals surface area contributed by atoms with Gasteiger partial charge in [0.1, 0.15) is 12.4 Å². The summed E-state index contributed by atoms with van der Waals surface area (Å²) >= 11 is 0. The van der Waals surface area contributed by atoms with E-state index in [2.05, 4.69) is 15.2 Å². The number of rotatable bonds is 7. The van der Waals surface area contributed by atoms with Gasteiger partial charge >= 0.3 is 5.97 Å². The summed E-state index contributed by atoms with van der Waals surface area (Å²) in [5.41, 5.74) is 3.08. The lowest BCUT2D eigenvalue weighted by molar-refractivity contribution is -0.138. The number of H-pyrrole nitrogens is 1. The number of carboxylic acid groups (broad SMARTS) is 1. The third-order valence-electron chi connectivity index (χ3n) is 5.36. The highest BCUT2D eigenvalue weighted by atomic mass is 16.5. The molecule has 2 aromatic heterocycles. The number of carboxylic acids is 1. The monoisotopic (exact) mass is 420 g/mol. The quantitative estimate of drug-likeness (QED) is 0.607. The highest BCUT2D eigenvalue weighted by Gasteiger charge is 2.26. The third kappa shape index (κ3) is 5.28. The van der Waals surface area contributed by atoms with E-state index in [1.165, 1.54) is 0 Å². The number of carbonyl (C=O) groups excluding carboxylic acids is 1. The van der Waals surface area contributed by atoms with Gasteiger partial charge in [-0.2, -0.15) is 5.10 Å². The van der Waals surface area contributed by atoms with Crippen LogP contribution in [0.5, 0.6) is 5.75 Å². The van der Waals surface area contributed by atoms with Gasteiger partial charge in [-0.1, -0.05) is 12.1 Å². The van der Waals surface area contributed by atoms with E-state index in [1.54, 1.807) is 23.4 Å². The summed E-state index contributed by atoms with van der Waals surface area (Å²) in [7, 11) is 0. The molecule has 1 aromatic carbocycles. The molecule has 1 saturated heterocycles. The predicted molar refractivity (Wildman–Crippen MR) is 113 cm³/mol. The van der Waals surface area contributed by atoms with Gasteiger partial charge in [-0.15, -0.1) is 0 Å². The second-order valence-electron chi connectivity index (χ2n) is 7.70. The zero-order chi connectivity index (χ0) is 21.6. The minimum Gasteiger partial charge on any atom is -0.487 e. The van der Waals surface area contributed by atoms with Crippen LogP contribution in [0.25, 0.3) is 11.4 Å². The molecule has 4 rings (SSSR count). The highest BCUT2D eigenvalue weighted by molar-refractivity contribution is 5.94. The molecular formula is C23H24N4O4. The lowest BCUT2D eigenvalue weighted by Crippen LogP contribution is -2.40. The maximum Gasteiger partial charge on any atom is 0.303 e. The van der Waals surface area contributed by atoms with Gasteiger partial charge in [0.25, 0.3) is 5.91 Å². The van der Waals surface area contributed by atoms with Crippen LogP contribution in [0.15, 0.2) is 54.9 Å². The molecule has 1 unspecified atom stereocenters. The molecule has 1 aliphatic rings. The Morgan fingerprint density at radius 2 is 2.13 bits per heavy atom. The summed E-state index contributed by atoms with van der Waals surface area (Å²) in [5, 5.41) is 15.8. The van der Waals surface area contributed by atoms with Gasteiger partial charge in [0, 0.05) is 31.3 Å². The molecule has 0 saturated carbocycles. The van der Waals surface area contributed by atoms with Crippen LogP contribution in [0.1, 0.15) is 35.2 Å². The molecule has 31 heavy (non-hydrogen) atoms. The molecule has 0 bridgehead atoms. The van der Waals surface area contributed by atoms with E-state index < -0.39 is 5.97 Å². The smallest absolute Gasteiger partial charge is 0.303 e. The summed E-state index contributed by atoms with van der Waals surface area (Å²) in [6.45, 7) is 1.46. The van der Waals surface area contributed by atoms with Gasteiger partial charge in [0.05, 0.1) is 17.6 Å². The second-order valence-corrected chi connectivity index (χ2v) is 7.70. The van der Waals surface area contributed by atoms with E-state index >= 15 is 0 Å². The number of nitrogens with zero attached hydrogens (tertiary/aromatic N) is 3. The van der Waals surface area contributed by atoms with Crippen molar-refractivity contribution in [3.05, 3.63) is 66.0 Å². The van der Waals surface area contributed by atoms with Gasteiger partial charge in [-0.05, 0) is 54.7 Å². The SMILES string of the molecule is O=C(O)CC1CCCN(C(=O)c2cccc(COc3ccc(-c4ccn[nH]4)nc3)c2)C1. The maximum absolute atomic E-state index is 12.9. The Hall–Kier alpha value is -3.68. The Bertz CT molecular complexity index is 1030. The molecule has 8 heteroatoms. The molecule has 1 aliphatic heterocycles. The van der Waals surface area contributed by atoms with E-state index in [1.807, 2.05) is 36.4 Å². The number of aliphatic carboxylic acids is 1. The van der Waals surface area contributed by atoms with Crippen LogP contribution in [0.2, 0.25) is 0 Å². The van der Waals surface area contributed by atoms with Crippen molar-refractivity contribution in [2.45, 2.75) is 25.9 Å². The first-order chi connectivity index (χ1) is 15.1. The number of hydrogen-bond donors (Lipinski definition) is 2. The number of aromatic nitrogens is 3. The number of pyridine rings is 1. The van der Waals surface area contributed by atoms with Gasteiger partial charge in [0.15, 0.2) is 0 Å². The molecule has 2 N–H and O–H groups in total. The van der Waals surface area contributed by atoms with Crippen LogP contribution < -0.4 is 4.74 Å². The highest BCUT2D eigenvalue weighted by Crippen LogP contribution is 2.22. The molecule has 160 valence electrons. The number of piperidine rings is 1. The lowest BCUT2D eigenvalue weighted by Gasteiger charge is -2.32. The number of likely N-dealkylation sites (tertiary alicyclic amines) is 1. The van der Waals surface area contributed by atoms with E-state index in [0.29, 0.717) is 31.0 Å². The first-order valence-corrected chi connectivity index (χ1v) is 10.3. The van der Waals surface area contributed by atoms with Crippen LogP contribution in [0.4, 0.5) is 0 Å². The Morgan fingerprint density at radius 1 is 1.23 bits per heavy atom. The molecule has 0 radical (unpaired) electrons. The van der Waals surface area contributed by atoms with Gasteiger partial charge in [0.2, 0.25) is 0 Å². The summed E-state index contributed by atoms with van der Waals surface area (Å²) < 4.78 is 5.83. The molecule has 1 amide bonds. The molecule has 1 atom stereocenters. The van der Waals surface area contributed by atoms with Crippen molar-refractivity contribution < 1.29 is 19.4 Å². The number of benzene rings is 1. The molecule has 8 nitrogen and oxygen atoms in total. The normalized spacial score (nSPS) is 16.1. The van der Waals surface area contributed by atoms with Crippen molar-refractivity contribution in [3.8, 4) is 17.1 Å². The van der Waals surface area contributed by atoms with Crippen LogP contribution in [0, 0.1) is 5.92 Å². The van der Waals surface area contributed by atoms with Crippen molar-refractivity contribution in [2.24, 2.45) is 5.92 Å². The summed E-state index contributed by atoms with van der Waals surface area (Å²) in [5.74, 6) is -0.237. The number of aromatic amines is 1. The van der Waals surface area contributed by atoms with Gasteiger partial charge in [-0.3, -0.25) is 19.7 Å². The Kier molecular flexibility index (Phi) is 6.26. The number of hydrogen-bond acceptors (Lipinski definition) is 5. The minimum absolute atomic E-state index is 0.0129. The van der Waals surface area contributed by atoms with Crippen LogP contribution >= 0.6 is 0 Å². The Morgan fingerprint density at radius 3 is 2.87 bits per heavy atom. The van der Waals surface area contributed by atoms with Crippen LogP contribution in [-0.4, -0.2) is 50.2 Å². The zero-order valence-corrected chi connectivity index (χ0v) is 17.0. The first kappa shape index (κ1) is 20.6. The topological polar surface area (TPSA) is 108 Å². The first-order valence-electron chi connectivity index (χ1n) is 10.3. The second kappa shape index (κ2) is 9.42. The van der Waals surface area contributed by atoms with Crippen molar-refractivity contribution in [3.63, 3.8) is 0 Å². The molecule has 3 heterocycles. The summed E-state index contributed by atoms with van der Waals surface area (Å²) in [4.78, 5) is 30.1. The van der Waals surface area contributed by atoms with E-state index in [4.69, 9.17) is 9.84 Å². The fourth-order valence-electron chi connectivity index (χ4n) is 3.83. The predicted octanol–water partition coefficient (Wildman–Crippen LogP) is 3.38. The van der Waals surface area contributed by atoms with Crippen molar-refractivity contribution >= 4 is 11.9 Å². The minimum atomic E-state index is -0.814. The van der Waals surface area contributed by atoms with E-state index in [0.717, 1.165) is 29.8 Å². The number of carbonyl (C=O) groups is 2. The third-order valence-corrected chi connectivity index (χ3v) is 5.36. The summed E-state index contributed by atoms with van der Waals surface area (Å²) in [6.07, 6.45) is 5.10. The molecule has 3 aromatic rings. The molecule has 0 spiro atoms. The number of nitrogens with one attached hydrogen (secondary N) is 1. The zero-order valence-electron chi connectivity index (χ0n) is 17.0. The fourth-order valence-corrected chi connectivity index (χ4v) is 3.83. The standard InChI is InChI=1S/C23H24N4O4/c28-22(29)12-16-4-2-10-27(14-16)23(30)18-5-1-3-17(11-18)15-31-19-6-7-20(24-13-19)21-8-9-25-26-21/h1,3,5-9,11,13,16H,2,4,10,12,14-15H2,(H,25,26)(H,28,29). The molecular weight excluding hydrogens is 396 g/mol. The number of amides is 1. The molecule has 1 fully saturated rings. The fraction of sp³-hybridized carbons (Fsp3) is 0.304. The van der Waals surface area contributed by atoms with Gasteiger partial charge < -0.3 is 14.7 Å². The Labute approximate surface area is 179 Å². The average molecular weight is 420 g/mol. The Balaban J connectivity index is 1.37. The van der Waals surface area contributed by atoms with Crippen molar-refractivity contribution in [2.75, 3.05) is 13.1 Å². The lowest BCUT2D eigenvalue weighted by atomic mass is 9.94.